The van der Waals surface area contributed by atoms with Gasteiger partial charge in [-0.3, -0.25) is 4.79 Å². The van der Waals surface area contributed by atoms with E-state index in [1.807, 2.05) is 17.4 Å². The molecule has 5 heteroatoms. The van der Waals surface area contributed by atoms with Crippen LogP contribution in [0.5, 0.6) is 0 Å². The van der Waals surface area contributed by atoms with Gasteiger partial charge in [-0.1, -0.05) is 0 Å². The van der Waals surface area contributed by atoms with E-state index in [1.54, 1.807) is 6.20 Å². The van der Waals surface area contributed by atoms with Gasteiger partial charge in [0.1, 0.15) is 0 Å². The SMILES string of the molecule is O=C([C@@H]1CCOC1)N1CCC[C@@H](n2ccnc2)C1. The van der Waals surface area contributed by atoms with Gasteiger partial charge in [0.2, 0.25) is 5.91 Å². The number of amides is 1. The van der Waals surface area contributed by atoms with Crippen molar-refractivity contribution in [2.24, 2.45) is 5.92 Å². The summed E-state index contributed by atoms with van der Waals surface area (Å²) in [5, 5.41) is 0. The fraction of sp³-hybridized carbons (Fsp3) is 0.692. The van der Waals surface area contributed by atoms with Crippen molar-refractivity contribution in [3.05, 3.63) is 18.7 Å². The zero-order chi connectivity index (χ0) is 12.4. The largest absolute Gasteiger partial charge is 0.381 e. The minimum Gasteiger partial charge on any atom is -0.381 e. The van der Waals surface area contributed by atoms with Gasteiger partial charge in [0.15, 0.2) is 0 Å². The highest BCUT2D eigenvalue weighted by Crippen LogP contribution is 2.24. The molecule has 0 unspecified atom stereocenters. The lowest BCUT2D eigenvalue weighted by molar-refractivity contribution is -0.137. The molecule has 98 valence electrons. The van der Waals surface area contributed by atoms with Crippen molar-refractivity contribution in [2.75, 3.05) is 26.3 Å². The molecular formula is C13H19N3O2. The normalized spacial score (nSPS) is 28.6. The molecule has 3 heterocycles. The van der Waals surface area contributed by atoms with Crippen molar-refractivity contribution in [1.29, 1.82) is 0 Å². The summed E-state index contributed by atoms with van der Waals surface area (Å²) in [6, 6.07) is 0.382. The van der Waals surface area contributed by atoms with Gasteiger partial charge in [-0.05, 0) is 19.3 Å². The van der Waals surface area contributed by atoms with E-state index in [2.05, 4.69) is 9.55 Å². The topological polar surface area (TPSA) is 47.4 Å². The van der Waals surface area contributed by atoms with Crippen LogP contribution in [0.25, 0.3) is 0 Å². The highest BCUT2D eigenvalue weighted by Gasteiger charge is 2.31. The van der Waals surface area contributed by atoms with Crippen molar-refractivity contribution < 1.29 is 9.53 Å². The standard InChI is InChI=1S/C13H19N3O2/c17-13(11-3-7-18-9-11)15-5-1-2-12(8-15)16-6-4-14-10-16/h4,6,10-12H,1-3,5,7-9H2/t11-,12-/m1/s1. The minimum absolute atomic E-state index is 0.0894. The third kappa shape index (κ3) is 2.27. The molecule has 2 saturated heterocycles. The summed E-state index contributed by atoms with van der Waals surface area (Å²) in [4.78, 5) is 18.4. The Morgan fingerprint density at radius 2 is 2.33 bits per heavy atom. The Kier molecular flexibility index (Phi) is 3.32. The zero-order valence-corrected chi connectivity index (χ0v) is 10.5. The number of likely N-dealkylation sites (tertiary alicyclic amines) is 1. The number of piperidine rings is 1. The lowest BCUT2D eigenvalue weighted by Gasteiger charge is -2.34. The summed E-state index contributed by atoms with van der Waals surface area (Å²) >= 11 is 0. The minimum atomic E-state index is 0.0894. The molecule has 2 aliphatic heterocycles. The van der Waals surface area contributed by atoms with E-state index in [0.29, 0.717) is 12.6 Å². The maximum atomic E-state index is 12.3. The molecule has 0 spiro atoms. The van der Waals surface area contributed by atoms with Gasteiger partial charge < -0.3 is 14.2 Å². The van der Waals surface area contributed by atoms with Crippen molar-refractivity contribution >= 4 is 5.91 Å². The second-order valence-electron chi connectivity index (χ2n) is 5.15. The summed E-state index contributed by atoms with van der Waals surface area (Å²) in [5.41, 5.74) is 0. The van der Waals surface area contributed by atoms with Crippen LogP contribution in [-0.4, -0.2) is 46.7 Å². The van der Waals surface area contributed by atoms with Gasteiger partial charge in [-0.15, -0.1) is 0 Å². The van der Waals surface area contributed by atoms with Crippen LogP contribution in [0.4, 0.5) is 0 Å². The van der Waals surface area contributed by atoms with Gasteiger partial charge in [0.05, 0.1) is 24.9 Å². The van der Waals surface area contributed by atoms with Crippen LogP contribution in [0.3, 0.4) is 0 Å². The molecule has 5 nitrogen and oxygen atoms in total. The first-order valence-corrected chi connectivity index (χ1v) is 6.68. The third-order valence-corrected chi connectivity index (χ3v) is 3.93. The quantitative estimate of drug-likeness (QED) is 0.788. The maximum absolute atomic E-state index is 12.3. The average molecular weight is 249 g/mol. The van der Waals surface area contributed by atoms with Crippen LogP contribution in [0.15, 0.2) is 18.7 Å². The summed E-state index contributed by atoms with van der Waals surface area (Å²) in [6.45, 7) is 3.03. The predicted molar refractivity (Wildman–Crippen MR) is 66.0 cm³/mol. The van der Waals surface area contributed by atoms with E-state index < -0.39 is 0 Å². The van der Waals surface area contributed by atoms with E-state index >= 15 is 0 Å². The van der Waals surface area contributed by atoms with E-state index in [4.69, 9.17) is 4.74 Å². The molecule has 3 rings (SSSR count). The number of imidazole rings is 1. The van der Waals surface area contributed by atoms with Crippen molar-refractivity contribution in [2.45, 2.75) is 25.3 Å². The summed E-state index contributed by atoms with van der Waals surface area (Å²) in [7, 11) is 0. The summed E-state index contributed by atoms with van der Waals surface area (Å²) in [5.74, 6) is 0.365. The van der Waals surface area contributed by atoms with Crippen LogP contribution < -0.4 is 0 Å². The van der Waals surface area contributed by atoms with E-state index in [1.165, 1.54) is 0 Å². The van der Waals surface area contributed by atoms with Crippen LogP contribution in [0.2, 0.25) is 0 Å². The third-order valence-electron chi connectivity index (χ3n) is 3.93. The molecule has 0 aromatic carbocycles. The maximum Gasteiger partial charge on any atom is 0.228 e. The highest BCUT2D eigenvalue weighted by atomic mass is 16.5. The second-order valence-corrected chi connectivity index (χ2v) is 5.15. The first-order chi connectivity index (χ1) is 8.84. The number of carbonyl (C=O) groups excluding carboxylic acids is 1. The first-order valence-electron chi connectivity index (χ1n) is 6.68. The molecule has 1 amide bonds. The Hall–Kier alpha value is -1.36. The second kappa shape index (κ2) is 5.10. The smallest absolute Gasteiger partial charge is 0.228 e. The summed E-state index contributed by atoms with van der Waals surface area (Å²) < 4.78 is 7.42. The molecule has 0 saturated carbocycles. The lowest BCUT2D eigenvalue weighted by atomic mass is 10.0. The van der Waals surface area contributed by atoms with Crippen molar-refractivity contribution in [3.8, 4) is 0 Å². The Balaban J connectivity index is 1.64. The molecule has 0 aliphatic carbocycles. The fourth-order valence-electron chi connectivity index (χ4n) is 2.87. The predicted octanol–water partition coefficient (Wildman–Crippen LogP) is 1.08. The summed E-state index contributed by atoms with van der Waals surface area (Å²) in [6.07, 6.45) is 8.70. The van der Waals surface area contributed by atoms with Gasteiger partial charge in [0, 0.05) is 32.1 Å². The van der Waals surface area contributed by atoms with Crippen molar-refractivity contribution in [1.82, 2.24) is 14.5 Å². The Morgan fingerprint density at radius 1 is 1.39 bits per heavy atom. The van der Waals surface area contributed by atoms with Gasteiger partial charge in [-0.2, -0.15) is 0 Å². The van der Waals surface area contributed by atoms with Crippen LogP contribution in [0, 0.1) is 5.92 Å². The number of ether oxygens (including phenoxy) is 1. The fourth-order valence-corrected chi connectivity index (χ4v) is 2.87. The number of rotatable bonds is 2. The van der Waals surface area contributed by atoms with Crippen molar-refractivity contribution in [3.63, 3.8) is 0 Å². The number of aromatic nitrogens is 2. The van der Waals surface area contributed by atoms with Crippen LogP contribution in [-0.2, 0) is 9.53 Å². The molecule has 18 heavy (non-hydrogen) atoms. The molecule has 2 atom stereocenters. The number of hydrogen-bond acceptors (Lipinski definition) is 3. The Bertz CT molecular complexity index is 398. The van der Waals surface area contributed by atoms with E-state index in [0.717, 1.165) is 39.0 Å². The molecule has 2 aliphatic rings. The molecule has 0 N–H and O–H groups in total. The van der Waals surface area contributed by atoms with Gasteiger partial charge in [0.25, 0.3) is 0 Å². The van der Waals surface area contributed by atoms with E-state index in [-0.39, 0.29) is 11.8 Å². The number of nitrogens with zero attached hydrogens (tertiary/aromatic N) is 3. The van der Waals surface area contributed by atoms with Gasteiger partial charge >= 0.3 is 0 Å². The van der Waals surface area contributed by atoms with Crippen LogP contribution >= 0.6 is 0 Å². The first kappa shape index (κ1) is 11.7. The molecule has 0 radical (unpaired) electrons. The Morgan fingerprint density at radius 3 is 3.06 bits per heavy atom. The average Bonchev–Trinajstić information content (AvgIpc) is 3.11. The number of carbonyl (C=O) groups is 1. The molecule has 2 fully saturated rings. The Labute approximate surface area is 107 Å². The van der Waals surface area contributed by atoms with Gasteiger partial charge in [-0.25, -0.2) is 4.98 Å². The molecular weight excluding hydrogens is 230 g/mol. The molecule has 0 bridgehead atoms. The van der Waals surface area contributed by atoms with Crippen LogP contribution in [0.1, 0.15) is 25.3 Å². The molecule has 1 aromatic heterocycles. The van der Waals surface area contributed by atoms with E-state index in [9.17, 15) is 4.79 Å². The highest BCUT2D eigenvalue weighted by molar-refractivity contribution is 5.79. The lowest BCUT2D eigenvalue weighted by Crippen LogP contribution is -2.43. The monoisotopic (exact) mass is 249 g/mol. The zero-order valence-electron chi connectivity index (χ0n) is 10.5. The molecule has 1 aromatic rings. The number of hydrogen-bond donors (Lipinski definition) is 0.